The molecule has 0 spiro atoms. The van der Waals surface area contributed by atoms with Crippen molar-refractivity contribution in [2.45, 2.75) is 19.4 Å². The van der Waals surface area contributed by atoms with E-state index in [-0.39, 0.29) is 0 Å². The van der Waals surface area contributed by atoms with Crippen LogP contribution in [0.2, 0.25) is 0 Å². The molecule has 0 unspecified atom stereocenters. The zero-order chi connectivity index (χ0) is 21.9. The van der Waals surface area contributed by atoms with Gasteiger partial charge in [-0.2, -0.15) is 0 Å². The molecule has 0 bridgehead atoms. The molecule has 0 radical (unpaired) electrons. The van der Waals surface area contributed by atoms with E-state index >= 15 is 0 Å². The minimum atomic E-state index is -0.990. The van der Waals surface area contributed by atoms with E-state index in [1.165, 1.54) is 26.9 Å². The van der Waals surface area contributed by atoms with Crippen LogP contribution in [0.4, 0.5) is 0 Å². The Balaban J connectivity index is 1.71. The number of hydrogen-bond acceptors (Lipinski definition) is 2. The third kappa shape index (κ3) is 2.88. The summed E-state index contributed by atoms with van der Waals surface area (Å²) in [6.07, 6.45) is 1.88. The summed E-state index contributed by atoms with van der Waals surface area (Å²) in [6.45, 7) is 3.68. The summed E-state index contributed by atoms with van der Waals surface area (Å²) in [6, 6.07) is 31.9. The SMILES string of the molecule is CC(C)(O)c1cc2ccccc2cc1-c1nccc2c1ccc1c3ccccc3ccc21. The van der Waals surface area contributed by atoms with E-state index in [0.717, 1.165) is 33.0 Å². The number of hydrogen-bond donors (Lipinski definition) is 1. The maximum Gasteiger partial charge on any atom is 0.0847 e. The quantitative estimate of drug-likeness (QED) is 0.297. The standard InChI is InChI=1S/C30H23NO/c1-30(2,32)28-18-21-9-4-3-8-20(21)17-27(28)29-26-14-13-23-22-10-6-5-7-19(22)11-12-24(23)25(26)15-16-31-29/h3-18,32H,1-2H3. The minimum absolute atomic E-state index is 0.884. The van der Waals surface area contributed by atoms with E-state index in [1.807, 2.05) is 32.2 Å². The maximum atomic E-state index is 11.0. The van der Waals surface area contributed by atoms with Crippen molar-refractivity contribution in [1.29, 1.82) is 0 Å². The maximum absolute atomic E-state index is 11.0. The highest BCUT2D eigenvalue weighted by atomic mass is 16.3. The van der Waals surface area contributed by atoms with Gasteiger partial charge in [0, 0.05) is 17.1 Å². The average molecular weight is 414 g/mol. The van der Waals surface area contributed by atoms with Crippen molar-refractivity contribution in [2.24, 2.45) is 0 Å². The predicted molar refractivity (Wildman–Crippen MR) is 135 cm³/mol. The second-order valence-electron chi connectivity index (χ2n) is 9.01. The first-order chi connectivity index (χ1) is 15.5. The van der Waals surface area contributed by atoms with E-state index in [0.29, 0.717) is 0 Å². The highest BCUT2D eigenvalue weighted by Crippen LogP contribution is 2.39. The molecule has 154 valence electrons. The Labute approximate surface area is 186 Å². The summed E-state index contributed by atoms with van der Waals surface area (Å²) < 4.78 is 0. The van der Waals surface area contributed by atoms with E-state index in [2.05, 4.69) is 78.9 Å². The molecule has 1 heterocycles. The van der Waals surface area contributed by atoms with Gasteiger partial charge in [-0.25, -0.2) is 0 Å². The highest BCUT2D eigenvalue weighted by Gasteiger charge is 2.23. The van der Waals surface area contributed by atoms with Crippen LogP contribution in [0.5, 0.6) is 0 Å². The van der Waals surface area contributed by atoms with Crippen molar-refractivity contribution >= 4 is 43.1 Å². The molecule has 5 aromatic carbocycles. The number of rotatable bonds is 2. The minimum Gasteiger partial charge on any atom is -0.386 e. The molecule has 32 heavy (non-hydrogen) atoms. The average Bonchev–Trinajstić information content (AvgIpc) is 2.82. The van der Waals surface area contributed by atoms with Gasteiger partial charge < -0.3 is 5.11 Å². The Morgan fingerprint density at radius 3 is 1.97 bits per heavy atom. The molecule has 6 rings (SSSR count). The van der Waals surface area contributed by atoms with Crippen molar-refractivity contribution in [3.63, 3.8) is 0 Å². The summed E-state index contributed by atoms with van der Waals surface area (Å²) in [5.41, 5.74) is 1.77. The van der Waals surface area contributed by atoms with Gasteiger partial charge in [-0.3, -0.25) is 4.98 Å². The molecular weight excluding hydrogens is 390 g/mol. The Kier molecular flexibility index (Phi) is 4.08. The Morgan fingerprint density at radius 2 is 1.19 bits per heavy atom. The van der Waals surface area contributed by atoms with Gasteiger partial charge in [0.15, 0.2) is 0 Å². The number of pyridine rings is 1. The van der Waals surface area contributed by atoms with Crippen LogP contribution in [0.3, 0.4) is 0 Å². The molecule has 2 nitrogen and oxygen atoms in total. The summed E-state index contributed by atoms with van der Waals surface area (Å²) >= 11 is 0. The molecular formula is C30H23NO. The van der Waals surface area contributed by atoms with Crippen LogP contribution >= 0.6 is 0 Å². The summed E-state index contributed by atoms with van der Waals surface area (Å²) in [5, 5.41) is 20.5. The molecule has 0 aliphatic rings. The second-order valence-corrected chi connectivity index (χ2v) is 9.01. The summed E-state index contributed by atoms with van der Waals surface area (Å²) in [5.74, 6) is 0. The zero-order valence-electron chi connectivity index (χ0n) is 18.1. The molecule has 0 aliphatic heterocycles. The topological polar surface area (TPSA) is 33.1 Å². The highest BCUT2D eigenvalue weighted by molar-refractivity contribution is 6.19. The molecule has 0 atom stereocenters. The van der Waals surface area contributed by atoms with Gasteiger partial charge in [0.2, 0.25) is 0 Å². The first-order valence-corrected chi connectivity index (χ1v) is 11.0. The fourth-order valence-electron chi connectivity index (χ4n) is 4.91. The lowest BCUT2D eigenvalue weighted by molar-refractivity contribution is 0.0793. The molecule has 1 aromatic heterocycles. The third-order valence-electron chi connectivity index (χ3n) is 6.47. The van der Waals surface area contributed by atoms with Gasteiger partial charge in [-0.05, 0) is 75.3 Å². The normalized spacial score (nSPS) is 12.2. The molecule has 0 amide bonds. The van der Waals surface area contributed by atoms with Gasteiger partial charge in [0.05, 0.1) is 11.3 Å². The van der Waals surface area contributed by atoms with Gasteiger partial charge in [-0.15, -0.1) is 0 Å². The largest absolute Gasteiger partial charge is 0.386 e. The van der Waals surface area contributed by atoms with E-state index < -0.39 is 5.60 Å². The van der Waals surface area contributed by atoms with Gasteiger partial charge in [-0.1, -0.05) is 72.8 Å². The molecule has 0 saturated heterocycles. The molecule has 0 aliphatic carbocycles. The fourth-order valence-corrected chi connectivity index (χ4v) is 4.91. The van der Waals surface area contributed by atoms with Crippen molar-refractivity contribution in [3.8, 4) is 11.3 Å². The first-order valence-electron chi connectivity index (χ1n) is 11.0. The Bertz CT molecular complexity index is 1660. The van der Waals surface area contributed by atoms with Gasteiger partial charge >= 0.3 is 0 Å². The lowest BCUT2D eigenvalue weighted by Gasteiger charge is -2.23. The Morgan fingerprint density at radius 1 is 0.594 bits per heavy atom. The monoisotopic (exact) mass is 413 g/mol. The van der Waals surface area contributed by atoms with Crippen LogP contribution in [-0.2, 0) is 5.60 Å². The molecule has 0 fully saturated rings. The Hall–Kier alpha value is -3.75. The molecule has 1 N–H and O–H groups in total. The van der Waals surface area contributed by atoms with Gasteiger partial charge in [0.1, 0.15) is 0 Å². The van der Waals surface area contributed by atoms with Crippen molar-refractivity contribution in [2.75, 3.05) is 0 Å². The number of benzene rings is 5. The molecule has 0 saturated carbocycles. The van der Waals surface area contributed by atoms with Crippen molar-refractivity contribution in [1.82, 2.24) is 4.98 Å². The number of aromatic nitrogens is 1. The number of aliphatic hydroxyl groups is 1. The number of nitrogens with zero attached hydrogens (tertiary/aromatic N) is 1. The fraction of sp³-hybridized carbons (Fsp3) is 0.100. The predicted octanol–water partition coefficient (Wildman–Crippen LogP) is 7.59. The summed E-state index contributed by atoms with van der Waals surface area (Å²) in [4.78, 5) is 4.82. The van der Waals surface area contributed by atoms with Gasteiger partial charge in [0.25, 0.3) is 0 Å². The van der Waals surface area contributed by atoms with E-state index in [1.54, 1.807) is 0 Å². The van der Waals surface area contributed by atoms with Crippen LogP contribution in [0.15, 0.2) is 97.2 Å². The van der Waals surface area contributed by atoms with Crippen molar-refractivity contribution < 1.29 is 5.11 Å². The molecule has 6 aromatic rings. The van der Waals surface area contributed by atoms with E-state index in [4.69, 9.17) is 4.98 Å². The van der Waals surface area contributed by atoms with Crippen LogP contribution in [0, 0.1) is 0 Å². The van der Waals surface area contributed by atoms with Crippen LogP contribution in [-0.4, -0.2) is 10.1 Å². The lowest BCUT2D eigenvalue weighted by Crippen LogP contribution is -2.17. The second kappa shape index (κ2) is 6.88. The lowest BCUT2D eigenvalue weighted by atomic mass is 9.87. The number of fused-ring (bicyclic) bond motifs is 6. The van der Waals surface area contributed by atoms with Crippen LogP contribution < -0.4 is 0 Å². The first kappa shape index (κ1) is 19.0. The zero-order valence-corrected chi connectivity index (χ0v) is 18.1. The smallest absolute Gasteiger partial charge is 0.0847 e. The van der Waals surface area contributed by atoms with E-state index in [9.17, 15) is 5.11 Å². The van der Waals surface area contributed by atoms with Crippen LogP contribution in [0.25, 0.3) is 54.3 Å². The summed E-state index contributed by atoms with van der Waals surface area (Å²) in [7, 11) is 0. The van der Waals surface area contributed by atoms with Crippen LogP contribution in [0.1, 0.15) is 19.4 Å². The molecule has 2 heteroatoms. The third-order valence-corrected chi connectivity index (χ3v) is 6.47. The van der Waals surface area contributed by atoms with Crippen molar-refractivity contribution in [3.05, 3.63) is 103 Å².